The van der Waals surface area contributed by atoms with E-state index in [-0.39, 0.29) is 11.7 Å². The Morgan fingerprint density at radius 2 is 2.12 bits per heavy atom. The Bertz CT molecular complexity index is 802. The number of likely N-dealkylation sites (N-methyl/N-ethyl adjacent to an activating group) is 1. The predicted molar refractivity (Wildman–Crippen MR) is 94.8 cm³/mol. The number of rotatable bonds is 3. The summed E-state index contributed by atoms with van der Waals surface area (Å²) in [5.41, 5.74) is 4.55. The van der Waals surface area contributed by atoms with E-state index in [1.807, 2.05) is 23.1 Å². The van der Waals surface area contributed by atoms with Crippen LogP contribution < -0.4 is 0 Å². The number of carbonyl (C=O) groups excluding carboxylic acids is 1. The number of nitrogens with zero attached hydrogens (tertiary/aromatic N) is 4. The van der Waals surface area contributed by atoms with Gasteiger partial charge in [-0.25, -0.2) is 9.48 Å². The van der Waals surface area contributed by atoms with Gasteiger partial charge in [0.05, 0.1) is 12.2 Å². The zero-order chi connectivity index (χ0) is 17.6. The first-order valence-electron chi connectivity index (χ1n) is 8.72. The van der Waals surface area contributed by atoms with Gasteiger partial charge in [-0.2, -0.15) is 5.10 Å². The normalized spacial score (nSPS) is 23.6. The van der Waals surface area contributed by atoms with Gasteiger partial charge in [0.15, 0.2) is 0 Å². The van der Waals surface area contributed by atoms with Gasteiger partial charge in [0.1, 0.15) is 5.60 Å². The first-order chi connectivity index (χ1) is 12.0. The van der Waals surface area contributed by atoms with Crippen LogP contribution in [0.4, 0.5) is 4.79 Å². The number of hydrogen-bond acceptors (Lipinski definition) is 4. The maximum absolute atomic E-state index is 11.8. The first-order valence-corrected chi connectivity index (χ1v) is 8.72. The average molecular weight is 340 g/mol. The van der Waals surface area contributed by atoms with Crippen LogP contribution in [0.5, 0.6) is 0 Å². The molecule has 2 aliphatic rings. The molecule has 3 heterocycles. The number of ether oxygens (including phenoxy) is 1. The molecule has 2 aromatic rings. The number of amides is 1. The average Bonchev–Trinajstić information content (AvgIpc) is 3.23. The molecule has 0 radical (unpaired) electrons. The summed E-state index contributed by atoms with van der Waals surface area (Å²) < 4.78 is 7.61. The van der Waals surface area contributed by atoms with Crippen LogP contribution in [-0.4, -0.2) is 58.0 Å². The van der Waals surface area contributed by atoms with Crippen LogP contribution in [0.3, 0.4) is 0 Å². The van der Waals surface area contributed by atoms with E-state index in [2.05, 4.69) is 36.0 Å². The SMILES string of the molecule is Cc1cc(C)c(-n2cccn2)c(CN2CC[C@]3(C2)CN(C)C(=O)O3)c1. The minimum absolute atomic E-state index is 0.203. The Labute approximate surface area is 148 Å². The molecule has 1 aromatic carbocycles. The summed E-state index contributed by atoms with van der Waals surface area (Å²) in [4.78, 5) is 15.8. The summed E-state index contributed by atoms with van der Waals surface area (Å²) in [6, 6.07) is 6.38. The van der Waals surface area contributed by atoms with E-state index in [0.717, 1.165) is 31.7 Å². The van der Waals surface area contributed by atoms with E-state index >= 15 is 0 Å². The van der Waals surface area contributed by atoms with Crippen molar-refractivity contribution in [3.05, 3.63) is 47.3 Å². The maximum Gasteiger partial charge on any atom is 0.410 e. The van der Waals surface area contributed by atoms with Crippen molar-refractivity contribution in [2.24, 2.45) is 0 Å². The lowest BCUT2D eigenvalue weighted by atomic mass is 10.0. The van der Waals surface area contributed by atoms with E-state index < -0.39 is 0 Å². The molecule has 0 unspecified atom stereocenters. The number of aromatic nitrogens is 2. The lowest BCUT2D eigenvalue weighted by Gasteiger charge is -2.23. The highest BCUT2D eigenvalue weighted by atomic mass is 16.6. The fourth-order valence-corrected chi connectivity index (χ4v) is 4.21. The van der Waals surface area contributed by atoms with Crippen LogP contribution in [0.25, 0.3) is 5.69 Å². The molecule has 1 spiro atoms. The highest BCUT2D eigenvalue weighted by Gasteiger charge is 2.48. The molecule has 2 aliphatic heterocycles. The van der Waals surface area contributed by atoms with E-state index in [1.165, 1.54) is 16.7 Å². The molecule has 0 bridgehead atoms. The topological polar surface area (TPSA) is 50.6 Å². The molecular weight excluding hydrogens is 316 g/mol. The first kappa shape index (κ1) is 16.1. The molecule has 2 saturated heterocycles. The quantitative estimate of drug-likeness (QED) is 0.861. The minimum atomic E-state index is -0.337. The molecule has 4 rings (SSSR count). The molecule has 0 saturated carbocycles. The van der Waals surface area contributed by atoms with Gasteiger partial charge in [-0.1, -0.05) is 17.7 Å². The third-order valence-electron chi connectivity index (χ3n) is 5.19. The van der Waals surface area contributed by atoms with E-state index in [4.69, 9.17) is 4.74 Å². The van der Waals surface area contributed by atoms with Crippen molar-refractivity contribution in [3.8, 4) is 5.69 Å². The van der Waals surface area contributed by atoms with Crippen molar-refractivity contribution >= 4 is 6.09 Å². The summed E-state index contributed by atoms with van der Waals surface area (Å²) in [6.07, 6.45) is 4.48. The van der Waals surface area contributed by atoms with Gasteiger partial charge in [0.25, 0.3) is 0 Å². The molecule has 0 N–H and O–H groups in total. The van der Waals surface area contributed by atoms with E-state index in [9.17, 15) is 4.79 Å². The lowest BCUT2D eigenvalue weighted by molar-refractivity contribution is 0.0627. The number of benzene rings is 1. The molecule has 6 heteroatoms. The van der Waals surface area contributed by atoms with Gasteiger partial charge in [0, 0.05) is 45.5 Å². The number of aryl methyl sites for hydroxylation is 2. The zero-order valence-corrected chi connectivity index (χ0v) is 15.0. The summed E-state index contributed by atoms with van der Waals surface area (Å²) >= 11 is 0. The van der Waals surface area contributed by atoms with Crippen molar-refractivity contribution < 1.29 is 9.53 Å². The molecule has 6 nitrogen and oxygen atoms in total. The van der Waals surface area contributed by atoms with Crippen molar-refractivity contribution in [3.63, 3.8) is 0 Å². The second-order valence-electron chi connectivity index (χ2n) is 7.41. The molecule has 2 fully saturated rings. The monoisotopic (exact) mass is 340 g/mol. The van der Waals surface area contributed by atoms with Crippen LogP contribution in [0, 0.1) is 13.8 Å². The van der Waals surface area contributed by atoms with Crippen LogP contribution >= 0.6 is 0 Å². The van der Waals surface area contributed by atoms with Gasteiger partial charge >= 0.3 is 6.09 Å². The van der Waals surface area contributed by atoms with Gasteiger partial charge in [-0.3, -0.25) is 4.90 Å². The molecular formula is C19H24N4O2. The highest BCUT2D eigenvalue weighted by Crippen LogP contribution is 2.33. The molecule has 1 aromatic heterocycles. The van der Waals surface area contributed by atoms with Gasteiger partial charge < -0.3 is 9.64 Å². The smallest absolute Gasteiger partial charge is 0.410 e. The molecule has 132 valence electrons. The Hall–Kier alpha value is -2.34. The van der Waals surface area contributed by atoms with Gasteiger partial charge in [0.2, 0.25) is 0 Å². The van der Waals surface area contributed by atoms with Crippen molar-refractivity contribution in [2.45, 2.75) is 32.4 Å². The molecule has 25 heavy (non-hydrogen) atoms. The Kier molecular flexibility index (Phi) is 3.80. The lowest BCUT2D eigenvalue weighted by Crippen LogP contribution is -2.37. The summed E-state index contributed by atoms with van der Waals surface area (Å²) in [5.74, 6) is 0. The summed E-state index contributed by atoms with van der Waals surface area (Å²) in [5, 5.41) is 4.43. The predicted octanol–water partition coefficient (Wildman–Crippen LogP) is 2.52. The van der Waals surface area contributed by atoms with E-state index in [1.54, 1.807) is 11.9 Å². The number of likely N-dealkylation sites (tertiary alicyclic amines) is 1. The van der Waals surface area contributed by atoms with Crippen LogP contribution in [-0.2, 0) is 11.3 Å². The second-order valence-corrected chi connectivity index (χ2v) is 7.41. The highest BCUT2D eigenvalue weighted by molar-refractivity contribution is 5.70. The molecule has 0 aliphatic carbocycles. The largest absolute Gasteiger partial charge is 0.439 e. The number of hydrogen-bond donors (Lipinski definition) is 0. The maximum atomic E-state index is 11.8. The van der Waals surface area contributed by atoms with Crippen LogP contribution in [0.2, 0.25) is 0 Å². The third kappa shape index (κ3) is 2.91. The van der Waals surface area contributed by atoms with Crippen LogP contribution in [0.1, 0.15) is 23.1 Å². The zero-order valence-electron chi connectivity index (χ0n) is 15.0. The number of carbonyl (C=O) groups is 1. The summed E-state index contributed by atoms with van der Waals surface area (Å²) in [7, 11) is 1.81. The van der Waals surface area contributed by atoms with Crippen molar-refractivity contribution in [1.29, 1.82) is 0 Å². The van der Waals surface area contributed by atoms with Crippen molar-refractivity contribution in [2.75, 3.05) is 26.7 Å². The summed E-state index contributed by atoms with van der Waals surface area (Å²) in [6.45, 7) is 7.50. The minimum Gasteiger partial charge on any atom is -0.439 e. The Balaban J connectivity index is 1.59. The molecule has 1 amide bonds. The fourth-order valence-electron chi connectivity index (χ4n) is 4.21. The second kappa shape index (κ2) is 5.88. The third-order valence-corrected chi connectivity index (χ3v) is 5.19. The van der Waals surface area contributed by atoms with Crippen molar-refractivity contribution in [1.82, 2.24) is 19.6 Å². The fraction of sp³-hybridized carbons (Fsp3) is 0.474. The van der Waals surface area contributed by atoms with Gasteiger partial charge in [-0.05, 0) is 31.0 Å². The standard InChI is InChI=1S/C19H24N4O2/c1-14-9-15(2)17(23-7-4-6-20-23)16(10-14)11-22-8-5-19(13-22)12-21(3)18(24)25-19/h4,6-7,9-10H,5,8,11-13H2,1-3H3/t19-/m1/s1. The van der Waals surface area contributed by atoms with Crippen LogP contribution in [0.15, 0.2) is 30.6 Å². The Morgan fingerprint density at radius 1 is 1.28 bits per heavy atom. The Morgan fingerprint density at radius 3 is 2.80 bits per heavy atom. The molecule has 1 atom stereocenters. The van der Waals surface area contributed by atoms with E-state index in [0.29, 0.717) is 6.54 Å². The van der Waals surface area contributed by atoms with Gasteiger partial charge in [-0.15, -0.1) is 0 Å².